The van der Waals surface area contributed by atoms with E-state index in [9.17, 15) is 5.11 Å². The summed E-state index contributed by atoms with van der Waals surface area (Å²) in [5, 5.41) is 16.8. The summed E-state index contributed by atoms with van der Waals surface area (Å²) in [6, 6.07) is 3.46. The van der Waals surface area contributed by atoms with E-state index in [2.05, 4.69) is 26.1 Å². The average Bonchev–Trinajstić information content (AvgIpc) is 2.83. The molecule has 0 aliphatic rings. The first-order valence-corrected chi connectivity index (χ1v) is 6.26. The molecular formula is C12H14BrN3O3. The second kappa shape index (κ2) is 5.50. The van der Waals surface area contributed by atoms with Crippen LogP contribution in [0.3, 0.4) is 0 Å². The van der Waals surface area contributed by atoms with Crippen molar-refractivity contribution in [3.8, 4) is 11.5 Å². The lowest BCUT2D eigenvalue weighted by atomic mass is 10.0. The number of ether oxygens (including phenoxy) is 2. The molecule has 0 saturated heterocycles. The zero-order valence-corrected chi connectivity index (χ0v) is 12.1. The third-order valence-electron chi connectivity index (χ3n) is 2.80. The first kappa shape index (κ1) is 13.7. The Labute approximate surface area is 118 Å². The molecule has 1 atom stereocenters. The van der Waals surface area contributed by atoms with Gasteiger partial charge in [0.15, 0.2) is 0 Å². The van der Waals surface area contributed by atoms with Gasteiger partial charge in [-0.15, -0.1) is 0 Å². The smallest absolute Gasteiger partial charge is 0.142 e. The van der Waals surface area contributed by atoms with E-state index in [0.717, 1.165) is 0 Å². The summed E-state index contributed by atoms with van der Waals surface area (Å²) < 4.78 is 11.1. The Balaban J connectivity index is 2.51. The summed E-state index contributed by atoms with van der Waals surface area (Å²) in [5.74, 6) is 1.43. The molecule has 19 heavy (non-hydrogen) atoms. The van der Waals surface area contributed by atoms with Gasteiger partial charge in [-0.3, -0.25) is 5.10 Å². The van der Waals surface area contributed by atoms with E-state index in [4.69, 9.17) is 15.2 Å². The van der Waals surface area contributed by atoms with Gasteiger partial charge in [0.05, 0.1) is 20.4 Å². The third-order valence-corrected chi connectivity index (χ3v) is 3.56. The zero-order chi connectivity index (χ0) is 14.0. The lowest BCUT2D eigenvalue weighted by Gasteiger charge is -2.17. The molecule has 1 heterocycles. The molecular weight excluding hydrogens is 314 g/mol. The molecule has 0 amide bonds. The van der Waals surface area contributed by atoms with Gasteiger partial charge in [-0.2, -0.15) is 5.10 Å². The molecule has 2 rings (SSSR count). The fourth-order valence-corrected chi connectivity index (χ4v) is 2.51. The summed E-state index contributed by atoms with van der Waals surface area (Å²) in [7, 11) is 3.08. The number of aliphatic hydroxyl groups excluding tert-OH is 1. The van der Waals surface area contributed by atoms with Gasteiger partial charge in [0, 0.05) is 11.1 Å². The highest BCUT2D eigenvalue weighted by Crippen LogP contribution is 2.41. The number of aromatic amines is 1. The van der Waals surface area contributed by atoms with Crippen molar-refractivity contribution in [1.29, 1.82) is 0 Å². The van der Waals surface area contributed by atoms with Crippen LogP contribution in [0, 0.1) is 0 Å². The number of hydrogen-bond donors (Lipinski definition) is 3. The van der Waals surface area contributed by atoms with Gasteiger partial charge in [-0.25, -0.2) is 0 Å². The maximum Gasteiger partial charge on any atom is 0.142 e. The monoisotopic (exact) mass is 327 g/mol. The minimum absolute atomic E-state index is 0.321. The normalized spacial score (nSPS) is 12.2. The van der Waals surface area contributed by atoms with Crippen LogP contribution in [0.25, 0.3) is 0 Å². The van der Waals surface area contributed by atoms with Gasteiger partial charge in [-0.1, -0.05) is 0 Å². The summed E-state index contributed by atoms with van der Waals surface area (Å²) in [6.45, 7) is 0. The molecule has 7 heteroatoms. The van der Waals surface area contributed by atoms with E-state index < -0.39 is 6.10 Å². The minimum atomic E-state index is -0.934. The molecule has 6 nitrogen and oxygen atoms in total. The van der Waals surface area contributed by atoms with Gasteiger partial charge in [0.25, 0.3) is 0 Å². The Kier molecular flexibility index (Phi) is 3.96. The highest BCUT2D eigenvalue weighted by atomic mass is 79.9. The quantitative estimate of drug-likeness (QED) is 0.796. The SMILES string of the molecule is COc1ccc(C(O)c2cn[nH]c2N)c(OC)c1Br. The van der Waals surface area contributed by atoms with Crippen LogP contribution in [0.2, 0.25) is 0 Å². The van der Waals surface area contributed by atoms with Crippen molar-refractivity contribution in [3.63, 3.8) is 0 Å². The molecule has 4 N–H and O–H groups in total. The lowest BCUT2D eigenvalue weighted by Crippen LogP contribution is -2.05. The van der Waals surface area contributed by atoms with Crippen LogP contribution in [0.15, 0.2) is 22.8 Å². The Hall–Kier alpha value is -1.73. The molecule has 0 radical (unpaired) electrons. The molecule has 102 valence electrons. The van der Waals surface area contributed by atoms with Gasteiger partial charge < -0.3 is 20.3 Å². The maximum atomic E-state index is 10.4. The zero-order valence-electron chi connectivity index (χ0n) is 10.5. The van der Waals surface area contributed by atoms with Crippen LogP contribution in [-0.4, -0.2) is 29.5 Å². The first-order valence-electron chi connectivity index (χ1n) is 5.47. The van der Waals surface area contributed by atoms with Gasteiger partial charge in [0.2, 0.25) is 0 Å². The average molecular weight is 328 g/mol. The van der Waals surface area contributed by atoms with E-state index in [1.807, 2.05) is 0 Å². The molecule has 0 bridgehead atoms. The standard InChI is InChI=1S/C12H14BrN3O3/c1-18-8-4-3-6(11(19-2)9(8)13)10(17)7-5-15-16-12(7)14/h3-5,10,17H,1-2H3,(H3,14,15,16). The molecule has 2 aromatic rings. The number of halogens is 1. The number of rotatable bonds is 4. The van der Waals surface area contributed by atoms with Crippen LogP contribution >= 0.6 is 15.9 Å². The second-order valence-corrected chi connectivity index (χ2v) is 4.64. The van der Waals surface area contributed by atoms with Crippen molar-refractivity contribution in [1.82, 2.24) is 10.2 Å². The number of methoxy groups -OCH3 is 2. The number of nitrogens with one attached hydrogen (secondary N) is 1. The predicted octanol–water partition coefficient (Wildman–Crippen LogP) is 1.85. The van der Waals surface area contributed by atoms with Crippen molar-refractivity contribution in [2.45, 2.75) is 6.10 Å². The Morgan fingerprint density at radius 2 is 2.05 bits per heavy atom. The second-order valence-electron chi connectivity index (χ2n) is 3.85. The molecule has 0 spiro atoms. The van der Waals surface area contributed by atoms with Crippen molar-refractivity contribution < 1.29 is 14.6 Å². The van der Waals surface area contributed by atoms with Gasteiger partial charge >= 0.3 is 0 Å². The largest absolute Gasteiger partial charge is 0.495 e. The molecule has 1 aromatic carbocycles. The van der Waals surface area contributed by atoms with Crippen LogP contribution < -0.4 is 15.2 Å². The number of hydrogen-bond acceptors (Lipinski definition) is 5. The van der Waals surface area contributed by atoms with E-state index in [1.54, 1.807) is 19.2 Å². The summed E-state index contributed by atoms with van der Waals surface area (Å²) in [6.07, 6.45) is 0.549. The van der Waals surface area contributed by atoms with Crippen LogP contribution in [-0.2, 0) is 0 Å². The van der Waals surface area contributed by atoms with Crippen LogP contribution in [0.5, 0.6) is 11.5 Å². The fourth-order valence-electron chi connectivity index (χ4n) is 1.82. The van der Waals surface area contributed by atoms with Crippen LogP contribution in [0.1, 0.15) is 17.2 Å². The molecule has 0 aliphatic heterocycles. The Bertz CT molecular complexity index is 586. The molecule has 0 saturated carbocycles. The first-order chi connectivity index (χ1) is 9.10. The highest BCUT2D eigenvalue weighted by Gasteiger charge is 2.22. The van der Waals surface area contributed by atoms with Gasteiger partial charge in [-0.05, 0) is 28.1 Å². The fraction of sp³-hybridized carbons (Fsp3) is 0.250. The Morgan fingerprint density at radius 1 is 1.32 bits per heavy atom. The predicted molar refractivity (Wildman–Crippen MR) is 74.3 cm³/mol. The van der Waals surface area contributed by atoms with Crippen molar-refractivity contribution in [2.24, 2.45) is 0 Å². The lowest BCUT2D eigenvalue weighted by molar-refractivity contribution is 0.215. The minimum Gasteiger partial charge on any atom is -0.495 e. The van der Waals surface area contributed by atoms with Gasteiger partial charge in [0.1, 0.15) is 27.9 Å². The summed E-state index contributed by atoms with van der Waals surface area (Å²) in [4.78, 5) is 0. The van der Waals surface area contributed by atoms with E-state index >= 15 is 0 Å². The Morgan fingerprint density at radius 3 is 2.58 bits per heavy atom. The third kappa shape index (κ3) is 2.39. The number of H-pyrrole nitrogens is 1. The maximum absolute atomic E-state index is 10.4. The van der Waals surface area contributed by atoms with Crippen LogP contribution in [0.4, 0.5) is 5.82 Å². The van der Waals surface area contributed by atoms with Crippen molar-refractivity contribution in [3.05, 3.63) is 33.9 Å². The van der Waals surface area contributed by atoms with E-state index in [1.165, 1.54) is 13.3 Å². The topological polar surface area (TPSA) is 93.4 Å². The van der Waals surface area contributed by atoms with Crippen molar-refractivity contribution in [2.75, 3.05) is 20.0 Å². The molecule has 1 aromatic heterocycles. The number of nitrogen functional groups attached to an aromatic ring is 1. The number of aromatic nitrogens is 2. The highest BCUT2D eigenvalue weighted by molar-refractivity contribution is 9.10. The van der Waals surface area contributed by atoms with E-state index in [0.29, 0.717) is 32.9 Å². The molecule has 0 aliphatic carbocycles. The number of anilines is 1. The summed E-state index contributed by atoms with van der Waals surface area (Å²) in [5.41, 5.74) is 6.78. The van der Waals surface area contributed by atoms with E-state index in [-0.39, 0.29) is 0 Å². The van der Waals surface area contributed by atoms with Crippen molar-refractivity contribution >= 4 is 21.7 Å². The molecule has 0 fully saturated rings. The molecule has 1 unspecified atom stereocenters. The number of nitrogens with zero attached hydrogens (tertiary/aromatic N) is 1. The number of nitrogens with two attached hydrogens (primary N) is 1. The number of benzene rings is 1. The summed E-state index contributed by atoms with van der Waals surface area (Å²) >= 11 is 3.39. The number of aliphatic hydroxyl groups is 1.